The van der Waals surface area contributed by atoms with E-state index in [1.165, 1.54) is 0 Å². The maximum absolute atomic E-state index is 5.15. The van der Waals surface area contributed by atoms with Gasteiger partial charge in [0.2, 0.25) is 5.82 Å². The number of aromatic nitrogens is 4. The van der Waals surface area contributed by atoms with Crippen molar-refractivity contribution in [3.05, 3.63) is 43.0 Å². The number of rotatable bonds is 2. The lowest BCUT2D eigenvalue weighted by Crippen LogP contribution is -1.81. The summed E-state index contributed by atoms with van der Waals surface area (Å²) in [5, 5.41) is 3.90. The largest absolute Gasteiger partial charge is 0.367 e. The van der Waals surface area contributed by atoms with Crippen LogP contribution in [0.3, 0.4) is 0 Å². The van der Waals surface area contributed by atoms with E-state index in [0.717, 1.165) is 11.1 Å². The normalized spacial score (nSPS) is 10.5. The third-order valence-corrected chi connectivity index (χ3v) is 2.19. The number of hydrogen-bond acceptors (Lipinski definition) is 4. The van der Waals surface area contributed by atoms with Crippen molar-refractivity contribution >= 4 is 0 Å². The molecule has 5 nitrogen and oxygen atoms in total. The van der Waals surface area contributed by atoms with E-state index < -0.39 is 0 Å². The summed E-state index contributed by atoms with van der Waals surface area (Å²) in [7, 11) is 0. The van der Waals surface area contributed by atoms with Crippen LogP contribution < -0.4 is 0 Å². The first kappa shape index (κ1) is 8.84. The van der Waals surface area contributed by atoms with Gasteiger partial charge in [0.05, 0.1) is 5.56 Å². The smallest absolute Gasteiger partial charge is 0.259 e. The second-order valence-electron chi connectivity index (χ2n) is 3.26. The van der Waals surface area contributed by atoms with Gasteiger partial charge in [0.15, 0.2) is 0 Å². The molecule has 3 rings (SSSR count). The standard InChI is InChI=1S/C11H8N4O/c1-2-8(6-12-4-1)10-14-11(16-15-10)9-3-5-13-7-9/h1-7,13H. The molecule has 0 aliphatic heterocycles. The molecule has 0 bridgehead atoms. The van der Waals surface area contributed by atoms with Crippen molar-refractivity contribution in [2.75, 3.05) is 0 Å². The first-order valence-electron chi connectivity index (χ1n) is 4.81. The van der Waals surface area contributed by atoms with Crippen molar-refractivity contribution < 1.29 is 4.52 Å². The van der Waals surface area contributed by atoms with Crippen LogP contribution in [0.1, 0.15) is 0 Å². The highest BCUT2D eigenvalue weighted by Crippen LogP contribution is 2.20. The minimum Gasteiger partial charge on any atom is -0.367 e. The second kappa shape index (κ2) is 3.62. The Morgan fingerprint density at radius 2 is 2.19 bits per heavy atom. The molecule has 0 aliphatic carbocycles. The Kier molecular flexibility index (Phi) is 2.00. The minimum atomic E-state index is 0.500. The first-order chi connectivity index (χ1) is 7.93. The molecule has 0 radical (unpaired) electrons. The highest BCUT2D eigenvalue weighted by Gasteiger charge is 2.10. The van der Waals surface area contributed by atoms with Gasteiger partial charge < -0.3 is 9.51 Å². The van der Waals surface area contributed by atoms with Crippen LogP contribution in [-0.2, 0) is 0 Å². The topological polar surface area (TPSA) is 67.6 Å². The summed E-state index contributed by atoms with van der Waals surface area (Å²) in [5.41, 5.74) is 1.72. The van der Waals surface area contributed by atoms with Crippen molar-refractivity contribution in [1.29, 1.82) is 0 Å². The zero-order chi connectivity index (χ0) is 10.8. The molecule has 0 unspecified atom stereocenters. The highest BCUT2D eigenvalue weighted by atomic mass is 16.5. The average Bonchev–Trinajstić information content (AvgIpc) is 3.01. The maximum Gasteiger partial charge on any atom is 0.259 e. The van der Waals surface area contributed by atoms with Gasteiger partial charge in [-0.15, -0.1) is 0 Å². The van der Waals surface area contributed by atoms with Gasteiger partial charge in [-0.1, -0.05) is 5.16 Å². The molecule has 5 heteroatoms. The predicted octanol–water partition coefficient (Wildman–Crippen LogP) is 2.13. The van der Waals surface area contributed by atoms with Crippen molar-refractivity contribution in [2.45, 2.75) is 0 Å². The van der Waals surface area contributed by atoms with E-state index >= 15 is 0 Å². The lowest BCUT2D eigenvalue weighted by molar-refractivity contribution is 0.432. The number of nitrogens with one attached hydrogen (secondary N) is 1. The van der Waals surface area contributed by atoms with E-state index in [2.05, 4.69) is 20.1 Å². The molecular weight excluding hydrogens is 204 g/mol. The average molecular weight is 212 g/mol. The Hall–Kier alpha value is -2.43. The van der Waals surface area contributed by atoms with E-state index in [4.69, 9.17) is 4.52 Å². The van der Waals surface area contributed by atoms with Gasteiger partial charge in [0.1, 0.15) is 0 Å². The number of pyridine rings is 1. The summed E-state index contributed by atoms with van der Waals surface area (Å²) in [4.78, 5) is 11.2. The summed E-state index contributed by atoms with van der Waals surface area (Å²) in [5.74, 6) is 1.05. The van der Waals surface area contributed by atoms with Crippen LogP contribution in [-0.4, -0.2) is 20.1 Å². The zero-order valence-electron chi connectivity index (χ0n) is 8.29. The number of hydrogen-bond donors (Lipinski definition) is 1. The molecular formula is C11H8N4O. The van der Waals surface area contributed by atoms with Gasteiger partial charge in [-0.25, -0.2) is 0 Å². The Morgan fingerprint density at radius 3 is 2.94 bits per heavy atom. The fourth-order valence-electron chi connectivity index (χ4n) is 1.41. The highest BCUT2D eigenvalue weighted by molar-refractivity contribution is 5.58. The van der Waals surface area contributed by atoms with Gasteiger partial charge in [-0.05, 0) is 18.2 Å². The molecule has 78 valence electrons. The molecule has 0 atom stereocenters. The van der Waals surface area contributed by atoms with Crippen LogP contribution >= 0.6 is 0 Å². The van der Waals surface area contributed by atoms with E-state index in [0.29, 0.717) is 11.7 Å². The third kappa shape index (κ3) is 1.48. The van der Waals surface area contributed by atoms with Gasteiger partial charge in [-0.2, -0.15) is 4.98 Å². The number of aromatic amines is 1. The van der Waals surface area contributed by atoms with Crippen LogP contribution in [0.15, 0.2) is 47.5 Å². The van der Waals surface area contributed by atoms with E-state index in [1.807, 2.05) is 24.4 Å². The Morgan fingerprint density at radius 1 is 1.19 bits per heavy atom. The summed E-state index contributed by atoms with van der Waals surface area (Å²) in [6.07, 6.45) is 7.02. The molecule has 3 aromatic heterocycles. The molecule has 0 fully saturated rings. The van der Waals surface area contributed by atoms with Crippen LogP contribution in [0, 0.1) is 0 Å². The van der Waals surface area contributed by atoms with Gasteiger partial charge in [0.25, 0.3) is 5.89 Å². The Balaban J connectivity index is 2.00. The zero-order valence-corrected chi connectivity index (χ0v) is 8.29. The second-order valence-corrected chi connectivity index (χ2v) is 3.26. The quantitative estimate of drug-likeness (QED) is 0.706. The van der Waals surface area contributed by atoms with Crippen molar-refractivity contribution in [2.24, 2.45) is 0 Å². The van der Waals surface area contributed by atoms with Crippen molar-refractivity contribution in [3.8, 4) is 22.8 Å². The molecule has 3 aromatic rings. The number of H-pyrrole nitrogens is 1. The predicted molar refractivity (Wildman–Crippen MR) is 57.3 cm³/mol. The Labute approximate surface area is 91.2 Å². The first-order valence-corrected chi connectivity index (χ1v) is 4.81. The summed E-state index contributed by atoms with van der Waals surface area (Å²) in [6.45, 7) is 0. The molecule has 0 amide bonds. The van der Waals surface area contributed by atoms with E-state index in [9.17, 15) is 0 Å². The molecule has 1 N–H and O–H groups in total. The number of nitrogens with zero attached hydrogens (tertiary/aromatic N) is 3. The summed E-state index contributed by atoms with van der Waals surface area (Å²) in [6, 6.07) is 5.60. The lowest BCUT2D eigenvalue weighted by atomic mass is 10.3. The molecule has 0 aliphatic rings. The van der Waals surface area contributed by atoms with Crippen molar-refractivity contribution in [3.63, 3.8) is 0 Å². The molecule has 16 heavy (non-hydrogen) atoms. The van der Waals surface area contributed by atoms with Gasteiger partial charge in [-0.3, -0.25) is 4.98 Å². The van der Waals surface area contributed by atoms with Crippen molar-refractivity contribution in [1.82, 2.24) is 20.1 Å². The molecule has 0 spiro atoms. The minimum absolute atomic E-state index is 0.500. The molecule has 0 saturated heterocycles. The molecule has 0 aromatic carbocycles. The van der Waals surface area contributed by atoms with Crippen LogP contribution in [0.25, 0.3) is 22.8 Å². The molecule has 3 heterocycles. The van der Waals surface area contributed by atoms with Gasteiger partial charge in [0, 0.05) is 30.4 Å². The summed E-state index contributed by atoms with van der Waals surface area (Å²) >= 11 is 0. The maximum atomic E-state index is 5.15. The third-order valence-electron chi connectivity index (χ3n) is 2.19. The van der Waals surface area contributed by atoms with Crippen LogP contribution in [0.4, 0.5) is 0 Å². The Bertz CT molecular complexity index is 571. The van der Waals surface area contributed by atoms with Crippen LogP contribution in [0.2, 0.25) is 0 Å². The fourth-order valence-corrected chi connectivity index (χ4v) is 1.41. The monoisotopic (exact) mass is 212 g/mol. The SMILES string of the molecule is c1cncc(-c2noc(-c3cc[nH]c3)n2)c1. The van der Waals surface area contributed by atoms with Crippen LogP contribution in [0.5, 0.6) is 0 Å². The lowest BCUT2D eigenvalue weighted by Gasteiger charge is -1.89. The fraction of sp³-hybridized carbons (Fsp3) is 0. The molecule has 0 saturated carbocycles. The van der Waals surface area contributed by atoms with E-state index in [-0.39, 0.29) is 0 Å². The van der Waals surface area contributed by atoms with Gasteiger partial charge >= 0.3 is 0 Å². The summed E-state index contributed by atoms with van der Waals surface area (Å²) < 4.78 is 5.15. The van der Waals surface area contributed by atoms with E-state index in [1.54, 1.807) is 18.6 Å².